The van der Waals surface area contributed by atoms with E-state index in [-0.39, 0.29) is 11.0 Å². The molecule has 7 heteroatoms. The zero-order valence-corrected chi connectivity index (χ0v) is 20.2. The zero-order chi connectivity index (χ0) is 22.8. The van der Waals surface area contributed by atoms with Crippen LogP contribution in [-0.2, 0) is 6.42 Å². The van der Waals surface area contributed by atoms with Crippen LogP contribution < -0.4 is 20.1 Å². The van der Waals surface area contributed by atoms with E-state index in [1.165, 1.54) is 5.56 Å². The molecule has 0 saturated heterocycles. The predicted octanol–water partition coefficient (Wildman–Crippen LogP) is 5.99. The van der Waals surface area contributed by atoms with Gasteiger partial charge < -0.3 is 14.8 Å². The number of nitrogens with one attached hydrogen (secondary N) is 2. The average Bonchev–Trinajstić information content (AvgIpc) is 2.79. The summed E-state index contributed by atoms with van der Waals surface area (Å²) in [6, 6.07) is 22.8. The first-order valence-corrected chi connectivity index (χ1v) is 11.6. The van der Waals surface area contributed by atoms with Gasteiger partial charge >= 0.3 is 0 Å². The quantitative estimate of drug-likeness (QED) is 0.345. The first-order valence-electron chi connectivity index (χ1n) is 10.4. The maximum Gasteiger partial charge on any atom is 0.261 e. The average molecular weight is 513 g/mol. The molecule has 0 bridgehead atoms. The standard InChI is InChI=1S/C25H25BrN2O3S/c1-2-14-30-21-10-6-9-20(17-21)27-25(32)28-24(29)22-16-19(26)11-12-23(22)31-15-13-18-7-4-3-5-8-18/h3-12,16-17H,2,13-15H2,1H3,(H2,27,28,29,32). The second-order valence-corrected chi connectivity index (χ2v) is 8.33. The van der Waals surface area contributed by atoms with Crippen molar-refractivity contribution in [1.82, 2.24) is 5.32 Å². The summed E-state index contributed by atoms with van der Waals surface area (Å²) in [5.41, 5.74) is 2.31. The Kier molecular flexibility index (Phi) is 9.07. The molecule has 1 amide bonds. The van der Waals surface area contributed by atoms with Gasteiger partial charge in [-0.3, -0.25) is 10.1 Å². The number of anilines is 1. The molecule has 0 radical (unpaired) electrons. The minimum Gasteiger partial charge on any atom is -0.494 e. The number of hydrogen-bond acceptors (Lipinski definition) is 4. The minimum atomic E-state index is -0.350. The Balaban J connectivity index is 1.61. The van der Waals surface area contributed by atoms with Crippen molar-refractivity contribution >= 4 is 44.9 Å². The molecule has 0 aliphatic heterocycles. The third-order valence-corrected chi connectivity index (χ3v) is 5.17. The minimum absolute atomic E-state index is 0.192. The molecule has 0 unspecified atom stereocenters. The Morgan fingerprint density at radius 2 is 1.78 bits per heavy atom. The molecule has 0 aliphatic carbocycles. The lowest BCUT2D eigenvalue weighted by Gasteiger charge is -2.14. The predicted molar refractivity (Wildman–Crippen MR) is 136 cm³/mol. The molecule has 5 nitrogen and oxygen atoms in total. The number of carbonyl (C=O) groups is 1. The Bertz CT molecular complexity index is 1060. The summed E-state index contributed by atoms with van der Waals surface area (Å²) in [5, 5.41) is 5.94. The summed E-state index contributed by atoms with van der Waals surface area (Å²) in [5.74, 6) is 0.892. The van der Waals surface area contributed by atoms with Crippen LogP contribution in [0.2, 0.25) is 0 Å². The smallest absolute Gasteiger partial charge is 0.261 e. The highest BCUT2D eigenvalue weighted by molar-refractivity contribution is 9.10. The molecule has 0 aromatic heterocycles. The third kappa shape index (κ3) is 7.35. The van der Waals surface area contributed by atoms with Gasteiger partial charge in [-0.15, -0.1) is 0 Å². The molecule has 3 aromatic rings. The van der Waals surface area contributed by atoms with Crippen molar-refractivity contribution in [3.8, 4) is 11.5 Å². The molecular weight excluding hydrogens is 488 g/mol. The van der Waals surface area contributed by atoms with Crippen LogP contribution in [0, 0.1) is 0 Å². The number of amides is 1. The van der Waals surface area contributed by atoms with E-state index in [0.29, 0.717) is 24.5 Å². The van der Waals surface area contributed by atoms with Gasteiger partial charge in [-0.05, 0) is 54.5 Å². The molecule has 0 aliphatic rings. The lowest BCUT2D eigenvalue weighted by Crippen LogP contribution is -2.34. The van der Waals surface area contributed by atoms with E-state index in [1.807, 2.05) is 67.6 Å². The molecule has 3 aromatic carbocycles. The summed E-state index contributed by atoms with van der Waals surface area (Å²) in [6.07, 6.45) is 1.67. The first kappa shape index (κ1) is 23.8. The van der Waals surface area contributed by atoms with Crippen LogP contribution in [0.1, 0.15) is 29.3 Å². The maximum atomic E-state index is 12.9. The molecule has 3 rings (SSSR count). The number of halogens is 1. The fraction of sp³-hybridized carbons (Fsp3) is 0.200. The highest BCUT2D eigenvalue weighted by atomic mass is 79.9. The summed E-state index contributed by atoms with van der Waals surface area (Å²) >= 11 is 8.75. The Morgan fingerprint density at radius 3 is 2.56 bits per heavy atom. The highest BCUT2D eigenvalue weighted by Crippen LogP contribution is 2.24. The van der Waals surface area contributed by atoms with Crippen LogP contribution in [0.4, 0.5) is 5.69 Å². The number of ether oxygens (including phenoxy) is 2. The number of hydrogen-bond donors (Lipinski definition) is 2. The topological polar surface area (TPSA) is 59.6 Å². The molecule has 32 heavy (non-hydrogen) atoms. The van der Waals surface area contributed by atoms with Crippen molar-refractivity contribution in [1.29, 1.82) is 0 Å². The number of thiocarbonyl (C=S) groups is 1. The van der Waals surface area contributed by atoms with Crippen LogP contribution in [0.25, 0.3) is 0 Å². The summed E-state index contributed by atoms with van der Waals surface area (Å²) in [6.45, 7) is 3.15. The van der Waals surface area contributed by atoms with Gasteiger partial charge in [0.1, 0.15) is 11.5 Å². The summed E-state index contributed by atoms with van der Waals surface area (Å²) < 4.78 is 12.3. The SMILES string of the molecule is CCCOc1cccc(NC(=S)NC(=O)c2cc(Br)ccc2OCCc2ccccc2)c1. The van der Waals surface area contributed by atoms with Crippen molar-refractivity contribution in [2.24, 2.45) is 0 Å². The van der Waals surface area contributed by atoms with Crippen molar-refractivity contribution in [2.75, 3.05) is 18.5 Å². The molecule has 0 atom stereocenters. The molecule has 0 fully saturated rings. The van der Waals surface area contributed by atoms with Gasteiger partial charge in [0.15, 0.2) is 5.11 Å². The lowest BCUT2D eigenvalue weighted by molar-refractivity contribution is 0.0973. The van der Waals surface area contributed by atoms with Crippen molar-refractivity contribution in [3.63, 3.8) is 0 Å². The molecule has 0 saturated carbocycles. The van der Waals surface area contributed by atoms with Gasteiger partial charge in [-0.2, -0.15) is 0 Å². The van der Waals surface area contributed by atoms with Crippen LogP contribution in [0.3, 0.4) is 0 Å². The Hall–Kier alpha value is -2.90. The van der Waals surface area contributed by atoms with Crippen LogP contribution >= 0.6 is 28.1 Å². The van der Waals surface area contributed by atoms with Crippen LogP contribution in [0.5, 0.6) is 11.5 Å². The van der Waals surface area contributed by atoms with E-state index in [1.54, 1.807) is 12.1 Å². The zero-order valence-electron chi connectivity index (χ0n) is 17.8. The normalized spacial score (nSPS) is 10.3. The summed E-state index contributed by atoms with van der Waals surface area (Å²) in [4.78, 5) is 12.9. The Morgan fingerprint density at radius 1 is 0.969 bits per heavy atom. The lowest BCUT2D eigenvalue weighted by atomic mass is 10.1. The van der Waals surface area contributed by atoms with Gasteiger partial charge in [-0.25, -0.2) is 0 Å². The fourth-order valence-corrected chi connectivity index (χ4v) is 3.52. The second-order valence-electron chi connectivity index (χ2n) is 7.01. The second kappa shape index (κ2) is 12.2. The molecule has 0 spiro atoms. The van der Waals surface area contributed by atoms with E-state index in [9.17, 15) is 4.79 Å². The van der Waals surface area contributed by atoms with Crippen molar-refractivity contribution in [3.05, 3.63) is 88.4 Å². The van der Waals surface area contributed by atoms with E-state index in [4.69, 9.17) is 21.7 Å². The first-order chi connectivity index (χ1) is 15.5. The fourth-order valence-electron chi connectivity index (χ4n) is 2.95. The molecule has 2 N–H and O–H groups in total. The highest BCUT2D eigenvalue weighted by Gasteiger charge is 2.15. The van der Waals surface area contributed by atoms with Gasteiger partial charge in [0.05, 0.1) is 18.8 Å². The van der Waals surface area contributed by atoms with Gasteiger partial charge in [-0.1, -0.05) is 59.3 Å². The third-order valence-electron chi connectivity index (χ3n) is 4.47. The van der Waals surface area contributed by atoms with E-state index in [2.05, 4.69) is 26.6 Å². The van der Waals surface area contributed by atoms with E-state index in [0.717, 1.165) is 28.8 Å². The maximum absolute atomic E-state index is 12.9. The number of rotatable bonds is 9. The molecule has 166 valence electrons. The van der Waals surface area contributed by atoms with Crippen molar-refractivity contribution < 1.29 is 14.3 Å². The van der Waals surface area contributed by atoms with E-state index >= 15 is 0 Å². The van der Waals surface area contributed by atoms with Crippen LogP contribution in [0.15, 0.2) is 77.3 Å². The molecular formula is C25H25BrN2O3S. The number of carbonyl (C=O) groups excluding carboxylic acids is 1. The van der Waals surface area contributed by atoms with E-state index < -0.39 is 0 Å². The van der Waals surface area contributed by atoms with Gasteiger partial charge in [0.25, 0.3) is 5.91 Å². The van der Waals surface area contributed by atoms with Gasteiger partial charge in [0.2, 0.25) is 0 Å². The van der Waals surface area contributed by atoms with Crippen molar-refractivity contribution in [2.45, 2.75) is 19.8 Å². The Labute approximate surface area is 202 Å². The monoisotopic (exact) mass is 512 g/mol. The number of benzene rings is 3. The molecule has 0 heterocycles. The van der Waals surface area contributed by atoms with Crippen LogP contribution in [-0.4, -0.2) is 24.2 Å². The largest absolute Gasteiger partial charge is 0.494 e. The summed E-state index contributed by atoms with van der Waals surface area (Å²) in [7, 11) is 0. The van der Waals surface area contributed by atoms with Gasteiger partial charge in [0, 0.05) is 22.6 Å².